The number of carbonyl (C=O) groups is 1. The van der Waals surface area contributed by atoms with Crippen molar-refractivity contribution in [2.24, 2.45) is 0 Å². The van der Waals surface area contributed by atoms with Crippen molar-refractivity contribution in [2.75, 3.05) is 19.7 Å². The van der Waals surface area contributed by atoms with Crippen molar-refractivity contribution >= 4 is 17.4 Å². The highest BCUT2D eigenvalue weighted by Crippen LogP contribution is 2.27. The summed E-state index contributed by atoms with van der Waals surface area (Å²) in [6.45, 7) is 5.41. The summed E-state index contributed by atoms with van der Waals surface area (Å²) in [5, 5.41) is 12.9. The van der Waals surface area contributed by atoms with E-state index < -0.39 is 0 Å². The van der Waals surface area contributed by atoms with E-state index in [1.165, 1.54) is 0 Å². The number of amides is 2. The Morgan fingerprint density at radius 3 is 2.70 bits per heavy atom. The number of urea groups is 1. The third-order valence-electron chi connectivity index (χ3n) is 3.46. The molecular formula is C17H23N3O2S. The van der Waals surface area contributed by atoms with E-state index in [2.05, 4.69) is 10.3 Å². The lowest BCUT2D eigenvalue weighted by molar-refractivity contribution is 0.177. The maximum atomic E-state index is 12.2. The number of aliphatic hydroxyl groups is 1. The fourth-order valence-corrected chi connectivity index (χ4v) is 3.28. The molecule has 0 saturated carbocycles. The fraction of sp³-hybridized carbons (Fsp3) is 0.412. The zero-order valence-electron chi connectivity index (χ0n) is 13.6. The van der Waals surface area contributed by atoms with Gasteiger partial charge in [0.1, 0.15) is 5.01 Å². The second-order valence-corrected chi connectivity index (χ2v) is 6.35. The maximum Gasteiger partial charge on any atom is 0.317 e. The quantitative estimate of drug-likeness (QED) is 0.818. The van der Waals surface area contributed by atoms with Crippen LogP contribution in [0.3, 0.4) is 0 Å². The molecule has 0 radical (unpaired) electrons. The summed E-state index contributed by atoms with van der Waals surface area (Å²) in [6, 6.07) is 9.88. The van der Waals surface area contributed by atoms with Crippen molar-refractivity contribution in [3.05, 3.63) is 40.9 Å². The van der Waals surface area contributed by atoms with Crippen LogP contribution in [-0.4, -0.2) is 40.7 Å². The van der Waals surface area contributed by atoms with Gasteiger partial charge in [-0.25, -0.2) is 9.78 Å². The largest absolute Gasteiger partial charge is 0.395 e. The number of hydrogen-bond acceptors (Lipinski definition) is 4. The topological polar surface area (TPSA) is 65.5 Å². The van der Waals surface area contributed by atoms with Gasteiger partial charge in [0.25, 0.3) is 0 Å². The van der Waals surface area contributed by atoms with Gasteiger partial charge in [0, 0.05) is 23.5 Å². The molecule has 0 atom stereocenters. The Hall–Kier alpha value is -1.92. The molecule has 0 unspecified atom stereocenters. The molecule has 1 aromatic carbocycles. The lowest BCUT2D eigenvalue weighted by Crippen LogP contribution is -2.41. The predicted octanol–water partition coefficient (Wildman–Crippen LogP) is 3.03. The van der Waals surface area contributed by atoms with Crippen LogP contribution in [0.2, 0.25) is 0 Å². The number of nitrogens with zero attached hydrogens (tertiary/aromatic N) is 2. The number of benzene rings is 1. The number of carbonyl (C=O) groups excluding carboxylic acids is 1. The lowest BCUT2D eigenvalue weighted by Gasteiger charge is -2.21. The minimum atomic E-state index is -0.144. The average Bonchev–Trinajstić information content (AvgIpc) is 2.94. The van der Waals surface area contributed by atoms with Gasteiger partial charge in [-0.3, -0.25) is 0 Å². The molecule has 0 aliphatic carbocycles. The van der Waals surface area contributed by atoms with E-state index in [1.54, 1.807) is 16.2 Å². The molecule has 6 heteroatoms. The molecule has 0 spiro atoms. The smallest absolute Gasteiger partial charge is 0.317 e. The first-order chi connectivity index (χ1) is 11.2. The molecule has 1 aromatic heterocycles. The van der Waals surface area contributed by atoms with Gasteiger partial charge in [0.15, 0.2) is 0 Å². The summed E-state index contributed by atoms with van der Waals surface area (Å²) in [5.41, 5.74) is 2.03. The summed E-state index contributed by atoms with van der Waals surface area (Å²) >= 11 is 1.60. The minimum absolute atomic E-state index is 0.0227. The van der Waals surface area contributed by atoms with E-state index >= 15 is 0 Å². The van der Waals surface area contributed by atoms with Gasteiger partial charge in [0.2, 0.25) is 0 Å². The molecule has 5 nitrogen and oxygen atoms in total. The Bertz CT molecular complexity index is 622. The van der Waals surface area contributed by atoms with Crippen LogP contribution in [0.25, 0.3) is 10.6 Å². The molecule has 124 valence electrons. The van der Waals surface area contributed by atoms with Crippen LogP contribution in [0.1, 0.15) is 23.9 Å². The van der Waals surface area contributed by atoms with Crippen molar-refractivity contribution in [1.82, 2.24) is 15.2 Å². The number of hydrogen-bond donors (Lipinski definition) is 2. The zero-order valence-corrected chi connectivity index (χ0v) is 14.4. The minimum Gasteiger partial charge on any atom is -0.395 e. The second-order valence-electron chi connectivity index (χ2n) is 5.26. The molecule has 23 heavy (non-hydrogen) atoms. The summed E-state index contributed by atoms with van der Waals surface area (Å²) in [4.78, 5) is 19.4. The molecule has 1 heterocycles. The molecule has 0 saturated heterocycles. The van der Waals surface area contributed by atoms with Crippen LogP contribution in [-0.2, 0) is 6.54 Å². The average molecular weight is 333 g/mol. The molecule has 2 N–H and O–H groups in total. The first kappa shape index (κ1) is 17.4. The standard InChI is InChI=1S/C17H23N3O2S/c1-3-9-20(10-11-21)17(22)18-12-15-13(2)19-16(23-15)14-7-5-4-6-8-14/h4-8,21H,3,9-12H2,1-2H3,(H,18,22). The van der Waals surface area contributed by atoms with E-state index in [0.29, 0.717) is 19.6 Å². The molecule has 0 fully saturated rings. The van der Waals surface area contributed by atoms with Crippen molar-refractivity contribution in [3.8, 4) is 10.6 Å². The van der Waals surface area contributed by atoms with Crippen LogP contribution < -0.4 is 5.32 Å². The number of rotatable bonds is 7. The highest BCUT2D eigenvalue weighted by Gasteiger charge is 2.14. The summed E-state index contributed by atoms with van der Waals surface area (Å²) in [7, 11) is 0. The van der Waals surface area contributed by atoms with Gasteiger partial charge in [-0.15, -0.1) is 11.3 Å². The van der Waals surface area contributed by atoms with Crippen LogP contribution in [0, 0.1) is 6.92 Å². The Labute approximate surface area is 141 Å². The van der Waals surface area contributed by atoms with E-state index in [4.69, 9.17) is 5.11 Å². The van der Waals surface area contributed by atoms with Gasteiger partial charge in [-0.05, 0) is 13.3 Å². The molecule has 0 aliphatic heterocycles. The fourth-order valence-electron chi connectivity index (χ4n) is 2.27. The number of aryl methyl sites for hydroxylation is 1. The van der Waals surface area contributed by atoms with Crippen LogP contribution >= 0.6 is 11.3 Å². The highest BCUT2D eigenvalue weighted by atomic mass is 32.1. The Morgan fingerprint density at radius 1 is 1.30 bits per heavy atom. The van der Waals surface area contributed by atoms with E-state index in [-0.39, 0.29) is 12.6 Å². The Morgan fingerprint density at radius 2 is 2.04 bits per heavy atom. The van der Waals surface area contributed by atoms with Gasteiger partial charge in [-0.1, -0.05) is 37.3 Å². The normalized spacial score (nSPS) is 10.6. The molecule has 0 aliphatic rings. The van der Waals surface area contributed by atoms with Crippen LogP contribution in [0.5, 0.6) is 0 Å². The summed E-state index contributed by atoms with van der Waals surface area (Å²) in [6.07, 6.45) is 0.866. The molecule has 0 bridgehead atoms. The van der Waals surface area contributed by atoms with E-state index in [0.717, 1.165) is 27.6 Å². The van der Waals surface area contributed by atoms with Crippen LogP contribution in [0.15, 0.2) is 30.3 Å². The SMILES string of the molecule is CCCN(CCO)C(=O)NCc1sc(-c2ccccc2)nc1C. The van der Waals surface area contributed by atoms with Gasteiger partial charge in [-0.2, -0.15) is 0 Å². The summed E-state index contributed by atoms with van der Waals surface area (Å²) in [5.74, 6) is 0. The predicted molar refractivity (Wildman–Crippen MR) is 93.5 cm³/mol. The number of thiazole rings is 1. The van der Waals surface area contributed by atoms with Crippen molar-refractivity contribution in [3.63, 3.8) is 0 Å². The van der Waals surface area contributed by atoms with E-state index in [1.807, 2.05) is 44.2 Å². The van der Waals surface area contributed by atoms with Gasteiger partial charge < -0.3 is 15.3 Å². The molecule has 2 amide bonds. The number of aliphatic hydroxyl groups excluding tert-OH is 1. The van der Waals surface area contributed by atoms with Gasteiger partial charge >= 0.3 is 6.03 Å². The second kappa shape index (κ2) is 8.64. The summed E-state index contributed by atoms with van der Waals surface area (Å²) < 4.78 is 0. The number of nitrogens with one attached hydrogen (secondary N) is 1. The van der Waals surface area contributed by atoms with Crippen LogP contribution in [0.4, 0.5) is 4.79 Å². The van der Waals surface area contributed by atoms with Crippen molar-refractivity contribution in [1.29, 1.82) is 0 Å². The molecule has 2 rings (SSSR count). The molecular weight excluding hydrogens is 310 g/mol. The monoisotopic (exact) mass is 333 g/mol. The highest BCUT2D eigenvalue weighted by molar-refractivity contribution is 7.15. The maximum absolute atomic E-state index is 12.2. The van der Waals surface area contributed by atoms with E-state index in [9.17, 15) is 4.79 Å². The molecule has 2 aromatic rings. The van der Waals surface area contributed by atoms with Gasteiger partial charge in [0.05, 0.1) is 18.8 Å². The third kappa shape index (κ3) is 4.77. The lowest BCUT2D eigenvalue weighted by atomic mass is 10.2. The first-order valence-corrected chi connectivity index (χ1v) is 8.62. The van der Waals surface area contributed by atoms with Crippen molar-refractivity contribution < 1.29 is 9.90 Å². The Kier molecular flexibility index (Phi) is 6.55. The third-order valence-corrected chi connectivity index (χ3v) is 4.67. The van der Waals surface area contributed by atoms with Crippen molar-refractivity contribution in [2.45, 2.75) is 26.8 Å². The number of aromatic nitrogens is 1. The first-order valence-electron chi connectivity index (χ1n) is 7.81. The Balaban J connectivity index is 2.01. The zero-order chi connectivity index (χ0) is 16.7.